The number of anilines is 1. The molecule has 86 valence electrons. The first kappa shape index (κ1) is 10.2. The summed E-state index contributed by atoms with van der Waals surface area (Å²) in [6.45, 7) is 0.431. The summed E-state index contributed by atoms with van der Waals surface area (Å²) in [6, 6.07) is 5.45. The van der Waals surface area contributed by atoms with E-state index in [0.29, 0.717) is 34.2 Å². The fourth-order valence-corrected chi connectivity index (χ4v) is 1.80. The normalized spacial score (nSPS) is 11.1. The van der Waals surface area contributed by atoms with Gasteiger partial charge in [-0.2, -0.15) is 5.10 Å². The van der Waals surface area contributed by atoms with Crippen molar-refractivity contribution in [2.45, 2.75) is 6.54 Å². The van der Waals surface area contributed by atoms with Crippen LogP contribution in [-0.2, 0) is 6.54 Å². The number of aromatic nitrogens is 3. The molecule has 0 unspecified atom stereocenters. The molecule has 2 heterocycles. The maximum absolute atomic E-state index is 5.80. The fourth-order valence-electron chi connectivity index (χ4n) is 1.65. The molecule has 0 amide bonds. The van der Waals surface area contributed by atoms with Crippen LogP contribution in [0.1, 0.15) is 5.89 Å². The Bertz CT molecular complexity index is 673. The lowest BCUT2D eigenvalue weighted by atomic mass is 10.3. The van der Waals surface area contributed by atoms with E-state index in [1.807, 2.05) is 12.1 Å². The van der Waals surface area contributed by atoms with E-state index in [-0.39, 0.29) is 0 Å². The Morgan fingerprint density at radius 1 is 1.41 bits per heavy atom. The Labute approximate surface area is 102 Å². The van der Waals surface area contributed by atoms with E-state index < -0.39 is 0 Å². The van der Waals surface area contributed by atoms with Crippen molar-refractivity contribution in [2.75, 3.05) is 5.73 Å². The monoisotopic (exact) mass is 248 g/mol. The van der Waals surface area contributed by atoms with Crippen LogP contribution in [0, 0.1) is 0 Å². The van der Waals surface area contributed by atoms with E-state index in [4.69, 9.17) is 21.8 Å². The number of hydrogen-bond donors (Lipinski definition) is 1. The highest BCUT2D eigenvalue weighted by atomic mass is 35.5. The Morgan fingerprint density at radius 3 is 3.00 bits per heavy atom. The standard InChI is InChI=1S/C11H9ClN4O/c12-7-4-14-16(5-7)6-10-15-11-8(13)2-1-3-9(11)17-10/h1-5H,6,13H2. The molecule has 0 bridgehead atoms. The number of fused-ring (bicyclic) bond motifs is 1. The van der Waals surface area contributed by atoms with Gasteiger partial charge in [0.1, 0.15) is 12.1 Å². The maximum Gasteiger partial charge on any atom is 0.217 e. The molecular weight excluding hydrogens is 240 g/mol. The number of hydrogen-bond acceptors (Lipinski definition) is 4. The summed E-state index contributed by atoms with van der Waals surface area (Å²) in [6.07, 6.45) is 3.28. The highest BCUT2D eigenvalue weighted by Gasteiger charge is 2.08. The molecule has 0 saturated carbocycles. The minimum atomic E-state index is 0.431. The number of benzene rings is 1. The molecule has 0 aliphatic rings. The molecular formula is C11H9ClN4O. The molecule has 2 N–H and O–H groups in total. The number of oxazole rings is 1. The molecule has 0 spiro atoms. The van der Waals surface area contributed by atoms with E-state index in [0.717, 1.165) is 0 Å². The summed E-state index contributed by atoms with van der Waals surface area (Å²) >= 11 is 5.78. The van der Waals surface area contributed by atoms with Gasteiger partial charge in [0, 0.05) is 6.20 Å². The zero-order chi connectivity index (χ0) is 11.8. The third kappa shape index (κ3) is 1.85. The smallest absolute Gasteiger partial charge is 0.217 e. The second-order valence-corrected chi connectivity index (χ2v) is 4.09. The summed E-state index contributed by atoms with van der Waals surface area (Å²) in [5.41, 5.74) is 7.77. The summed E-state index contributed by atoms with van der Waals surface area (Å²) in [7, 11) is 0. The van der Waals surface area contributed by atoms with Crippen molar-refractivity contribution in [3.63, 3.8) is 0 Å². The highest BCUT2D eigenvalue weighted by molar-refractivity contribution is 6.30. The highest BCUT2D eigenvalue weighted by Crippen LogP contribution is 2.21. The van der Waals surface area contributed by atoms with Crippen LogP contribution in [0.25, 0.3) is 11.1 Å². The summed E-state index contributed by atoms with van der Waals surface area (Å²) in [5, 5.41) is 4.64. The molecule has 0 atom stereocenters. The first-order chi connectivity index (χ1) is 8.22. The Kier molecular flexibility index (Phi) is 2.26. The Balaban J connectivity index is 1.98. The largest absolute Gasteiger partial charge is 0.439 e. The third-order valence-electron chi connectivity index (χ3n) is 2.39. The van der Waals surface area contributed by atoms with Crippen LogP contribution in [0.3, 0.4) is 0 Å². The molecule has 0 radical (unpaired) electrons. The lowest BCUT2D eigenvalue weighted by Gasteiger charge is -1.94. The second-order valence-electron chi connectivity index (χ2n) is 3.66. The number of nitrogens with zero attached hydrogens (tertiary/aromatic N) is 3. The molecule has 17 heavy (non-hydrogen) atoms. The number of nitrogen functional groups attached to an aromatic ring is 1. The molecule has 2 aromatic heterocycles. The van der Waals surface area contributed by atoms with Crippen molar-refractivity contribution < 1.29 is 4.42 Å². The minimum absolute atomic E-state index is 0.431. The van der Waals surface area contributed by atoms with Gasteiger partial charge < -0.3 is 10.2 Å². The SMILES string of the molecule is Nc1cccc2oc(Cn3cc(Cl)cn3)nc12. The molecule has 1 aromatic carbocycles. The lowest BCUT2D eigenvalue weighted by molar-refractivity contribution is 0.491. The first-order valence-corrected chi connectivity index (χ1v) is 5.42. The van der Waals surface area contributed by atoms with Crippen molar-refractivity contribution >= 4 is 28.4 Å². The maximum atomic E-state index is 5.80. The molecule has 0 aliphatic heterocycles. The van der Waals surface area contributed by atoms with Gasteiger partial charge in [-0.25, -0.2) is 4.98 Å². The van der Waals surface area contributed by atoms with E-state index in [2.05, 4.69) is 10.1 Å². The topological polar surface area (TPSA) is 69.9 Å². The van der Waals surface area contributed by atoms with Crippen LogP contribution < -0.4 is 5.73 Å². The van der Waals surface area contributed by atoms with Gasteiger partial charge in [-0.05, 0) is 12.1 Å². The van der Waals surface area contributed by atoms with Crippen LogP contribution in [-0.4, -0.2) is 14.8 Å². The molecule has 5 nitrogen and oxygen atoms in total. The predicted molar refractivity (Wildman–Crippen MR) is 64.8 cm³/mol. The van der Waals surface area contributed by atoms with Gasteiger partial charge in [-0.1, -0.05) is 17.7 Å². The first-order valence-electron chi connectivity index (χ1n) is 5.04. The Morgan fingerprint density at radius 2 is 2.29 bits per heavy atom. The molecule has 3 rings (SSSR count). The van der Waals surface area contributed by atoms with E-state index in [1.54, 1.807) is 23.1 Å². The average molecular weight is 249 g/mol. The van der Waals surface area contributed by atoms with Crippen molar-refractivity contribution in [1.82, 2.24) is 14.8 Å². The van der Waals surface area contributed by atoms with Gasteiger partial charge in [-0.3, -0.25) is 4.68 Å². The van der Waals surface area contributed by atoms with Crippen molar-refractivity contribution in [2.24, 2.45) is 0 Å². The second kappa shape index (κ2) is 3.78. The fraction of sp³-hybridized carbons (Fsp3) is 0.0909. The van der Waals surface area contributed by atoms with Gasteiger partial charge in [0.2, 0.25) is 5.89 Å². The van der Waals surface area contributed by atoms with Gasteiger partial charge in [0.05, 0.1) is 16.9 Å². The molecule has 0 aliphatic carbocycles. The zero-order valence-electron chi connectivity index (χ0n) is 8.80. The zero-order valence-corrected chi connectivity index (χ0v) is 9.55. The average Bonchev–Trinajstić information content (AvgIpc) is 2.86. The number of nitrogens with two attached hydrogens (primary N) is 1. The van der Waals surface area contributed by atoms with Crippen LogP contribution >= 0.6 is 11.6 Å². The van der Waals surface area contributed by atoms with Gasteiger partial charge in [0.15, 0.2) is 5.58 Å². The minimum Gasteiger partial charge on any atom is -0.439 e. The molecule has 0 fully saturated rings. The number of para-hydroxylation sites is 1. The van der Waals surface area contributed by atoms with Crippen molar-refractivity contribution in [3.05, 3.63) is 41.5 Å². The van der Waals surface area contributed by atoms with Crippen LogP contribution in [0.2, 0.25) is 5.02 Å². The third-order valence-corrected chi connectivity index (χ3v) is 2.59. The van der Waals surface area contributed by atoms with Crippen molar-refractivity contribution in [3.8, 4) is 0 Å². The van der Waals surface area contributed by atoms with E-state index in [9.17, 15) is 0 Å². The molecule has 3 aromatic rings. The quantitative estimate of drug-likeness (QED) is 0.707. The summed E-state index contributed by atoms with van der Waals surface area (Å²) < 4.78 is 7.22. The van der Waals surface area contributed by atoms with Crippen LogP contribution in [0.5, 0.6) is 0 Å². The predicted octanol–water partition coefficient (Wildman–Crippen LogP) is 2.31. The number of halogens is 1. The lowest BCUT2D eigenvalue weighted by Crippen LogP contribution is -1.99. The summed E-state index contributed by atoms with van der Waals surface area (Å²) in [5.74, 6) is 0.553. The van der Waals surface area contributed by atoms with E-state index >= 15 is 0 Å². The van der Waals surface area contributed by atoms with Crippen molar-refractivity contribution in [1.29, 1.82) is 0 Å². The van der Waals surface area contributed by atoms with Gasteiger partial charge in [-0.15, -0.1) is 0 Å². The summed E-state index contributed by atoms with van der Waals surface area (Å²) in [4.78, 5) is 4.32. The Hall–Kier alpha value is -2.01. The number of rotatable bonds is 2. The van der Waals surface area contributed by atoms with E-state index in [1.165, 1.54) is 0 Å². The molecule has 6 heteroatoms. The van der Waals surface area contributed by atoms with Crippen LogP contribution in [0.4, 0.5) is 5.69 Å². The molecule has 0 saturated heterocycles. The van der Waals surface area contributed by atoms with Crippen LogP contribution in [0.15, 0.2) is 35.0 Å². The van der Waals surface area contributed by atoms with Gasteiger partial charge >= 0.3 is 0 Å². The van der Waals surface area contributed by atoms with Gasteiger partial charge in [0.25, 0.3) is 0 Å².